The van der Waals surface area contributed by atoms with E-state index in [0.717, 1.165) is 0 Å². The Hall–Kier alpha value is 2.49. The van der Waals surface area contributed by atoms with Gasteiger partial charge in [-0.1, -0.05) is 111 Å². The fraction of sp³-hybridized carbons (Fsp3) is 1.00. The van der Waals surface area contributed by atoms with E-state index >= 15 is 0 Å². The zero-order chi connectivity index (χ0) is 25.2. The monoisotopic (exact) mass is 626 g/mol. The van der Waals surface area contributed by atoms with Gasteiger partial charge in [0.1, 0.15) is 0 Å². The average Bonchev–Trinajstić information content (AvgIpc) is 2.28. The first-order valence-corrected chi connectivity index (χ1v) is 53.5. The van der Waals surface area contributed by atoms with Crippen molar-refractivity contribution in [2.75, 3.05) is 0 Å². The predicted molar refractivity (Wildman–Crippen MR) is 175 cm³/mol. The van der Waals surface area contributed by atoms with Gasteiger partial charge in [0.05, 0.1) is 0 Å². The molecule has 2 radical (unpaired) electrons. The molecular formula is C20H60GeSi9. The van der Waals surface area contributed by atoms with Crippen molar-refractivity contribution in [3.63, 3.8) is 0 Å². The van der Waals surface area contributed by atoms with Gasteiger partial charge >= 0.3 is 31.6 Å². The second kappa shape index (κ2) is 9.18. The van der Waals surface area contributed by atoms with Crippen LogP contribution >= 0.6 is 0 Å². The molecule has 0 nitrogen and oxygen atoms in total. The van der Waals surface area contributed by atoms with Gasteiger partial charge in [-0.25, -0.2) is 0 Å². The summed E-state index contributed by atoms with van der Waals surface area (Å²) in [5, 5.41) is 0. The quantitative estimate of drug-likeness (QED) is 0.280. The Labute approximate surface area is 206 Å². The molecule has 180 valence electrons. The minimum atomic E-state index is -1.21. The summed E-state index contributed by atoms with van der Waals surface area (Å²) in [5.74, 6) is 7.00. The van der Waals surface area contributed by atoms with Crippen molar-refractivity contribution in [3.05, 3.63) is 0 Å². The molecule has 0 N–H and O–H groups in total. The second-order valence-corrected chi connectivity index (χ2v) is 127. The van der Waals surface area contributed by atoms with E-state index in [0.29, 0.717) is 0 Å². The van der Waals surface area contributed by atoms with E-state index in [1.807, 2.05) is 0 Å². The van der Waals surface area contributed by atoms with Crippen molar-refractivity contribution in [3.8, 4) is 0 Å². The third kappa shape index (κ3) is 4.78. The Morgan fingerprint density at radius 1 is 0.500 bits per heavy atom. The summed E-state index contributed by atoms with van der Waals surface area (Å²) in [4.78, 5) is 0. The molecule has 0 saturated carbocycles. The van der Waals surface area contributed by atoms with Gasteiger partial charge in [0.2, 0.25) is 0 Å². The first-order chi connectivity index (χ1) is 12.6. The summed E-state index contributed by atoms with van der Waals surface area (Å²) in [7, 11) is -8.08. The molecule has 0 aromatic carbocycles. The van der Waals surface area contributed by atoms with Crippen molar-refractivity contribution in [2.45, 2.75) is 129 Å². The third-order valence-corrected chi connectivity index (χ3v) is 254. The van der Waals surface area contributed by atoms with Crippen LogP contribution in [-0.2, 0) is 0 Å². The SMILES string of the molecule is C[Si](C)(C)[Si]1[Si](C)(C)[Si](C)(C)[Si]([Si](C)(C)C)([Si](C)(C)C)[Si](C)(C)[Si]1(C)C.[CH3][Ge]([CH3])[CH3]. The minimum absolute atomic E-state index is 0.0990. The molecule has 0 amide bonds. The summed E-state index contributed by atoms with van der Waals surface area (Å²) in [5.41, 5.74) is 0. The van der Waals surface area contributed by atoms with E-state index in [9.17, 15) is 0 Å². The van der Waals surface area contributed by atoms with E-state index in [1.165, 1.54) is 0 Å². The normalized spacial score (nSPS) is 25.5. The molecule has 1 heterocycles. The van der Waals surface area contributed by atoms with Crippen LogP contribution in [0.15, 0.2) is 0 Å². The Morgan fingerprint density at radius 2 is 0.700 bits per heavy atom. The van der Waals surface area contributed by atoms with Crippen molar-refractivity contribution >= 4 is 79.1 Å². The molecule has 0 bridgehead atoms. The Balaban J connectivity index is 0.00000192. The fourth-order valence-electron chi connectivity index (χ4n) is 9.88. The van der Waals surface area contributed by atoms with Crippen LogP contribution in [0.4, 0.5) is 0 Å². The molecule has 0 aromatic rings. The maximum atomic E-state index is 3.03. The van der Waals surface area contributed by atoms with Crippen LogP contribution in [0.3, 0.4) is 0 Å². The van der Waals surface area contributed by atoms with Crippen LogP contribution in [-0.4, -0.2) is 79.1 Å². The van der Waals surface area contributed by atoms with E-state index in [4.69, 9.17) is 0 Å². The van der Waals surface area contributed by atoms with Crippen LogP contribution in [0.25, 0.3) is 0 Å². The topological polar surface area (TPSA) is 0 Å². The van der Waals surface area contributed by atoms with E-state index in [2.05, 4.69) is 129 Å². The number of hydrogen-bond donors (Lipinski definition) is 0. The van der Waals surface area contributed by atoms with Crippen LogP contribution in [0.1, 0.15) is 0 Å². The molecule has 1 aliphatic rings. The van der Waals surface area contributed by atoms with Crippen LogP contribution < -0.4 is 0 Å². The van der Waals surface area contributed by atoms with E-state index in [-0.39, 0.29) is 21.7 Å². The summed E-state index contributed by atoms with van der Waals surface area (Å²) < 4.78 is 0. The van der Waals surface area contributed by atoms with E-state index < -0.39 is 57.4 Å². The zero-order valence-electron chi connectivity index (χ0n) is 25.0. The van der Waals surface area contributed by atoms with Crippen molar-refractivity contribution in [1.29, 1.82) is 0 Å². The standard InChI is InChI=1S/C17H51Si9.C3H9Ge/c1-19(2,3)18-22(10,11)24(14,15)26(20(4,5)6,21(7,8)9)25(16,17)23(18,12)13;1-4(2)3/h1-17H3;1-3H3. The molecule has 0 aliphatic carbocycles. The average molecular weight is 626 g/mol. The van der Waals surface area contributed by atoms with Gasteiger partial charge in [0.15, 0.2) is 0 Å². The second-order valence-electron chi connectivity index (χ2n) is 15.9. The Kier molecular flexibility index (Phi) is 9.94. The van der Waals surface area contributed by atoms with Gasteiger partial charge in [0.25, 0.3) is 0 Å². The molecule has 0 spiro atoms. The van der Waals surface area contributed by atoms with Crippen LogP contribution in [0, 0.1) is 0 Å². The van der Waals surface area contributed by atoms with Gasteiger partial charge in [-0.2, -0.15) is 0 Å². The van der Waals surface area contributed by atoms with Crippen LogP contribution in [0.5, 0.6) is 0 Å². The molecule has 1 aliphatic heterocycles. The molecule has 1 rings (SSSR count). The molecule has 0 unspecified atom stereocenters. The molecular weight excluding hydrogens is 566 g/mol. The molecule has 0 aromatic heterocycles. The van der Waals surface area contributed by atoms with Gasteiger partial charge < -0.3 is 0 Å². The molecule has 1 fully saturated rings. The number of hydrogen-bond acceptors (Lipinski definition) is 0. The Morgan fingerprint density at radius 3 is 0.833 bits per heavy atom. The fourth-order valence-corrected chi connectivity index (χ4v) is 503. The van der Waals surface area contributed by atoms with Gasteiger partial charge in [-0.3, -0.25) is 0 Å². The van der Waals surface area contributed by atoms with Gasteiger partial charge in [0, 0.05) is 64.7 Å². The first-order valence-electron chi connectivity index (χ1n) is 12.2. The van der Waals surface area contributed by atoms with Crippen molar-refractivity contribution in [2.24, 2.45) is 0 Å². The maximum absolute atomic E-state index is 3.03. The van der Waals surface area contributed by atoms with E-state index in [1.54, 1.807) is 0 Å². The summed E-state index contributed by atoms with van der Waals surface area (Å²) in [6, 6.07) is 0. The summed E-state index contributed by atoms with van der Waals surface area (Å²) >= 11 is -0.333. The molecule has 30 heavy (non-hydrogen) atoms. The van der Waals surface area contributed by atoms with Gasteiger partial charge in [-0.15, -0.1) is 0 Å². The third-order valence-electron chi connectivity index (χ3n) is 9.25. The zero-order valence-corrected chi connectivity index (χ0v) is 36.1. The summed E-state index contributed by atoms with van der Waals surface area (Å²) in [6.07, 6.45) is -1.21. The van der Waals surface area contributed by atoms with Gasteiger partial charge in [-0.05, 0) is 0 Å². The predicted octanol–water partition coefficient (Wildman–Crippen LogP) is 7.87. The summed E-state index contributed by atoms with van der Waals surface area (Å²) in [6.45, 7) is 49.8. The van der Waals surface area contributed by atoms with Crippen molar-refractivity contribution in [1.82, 2.24) is 0 Å². The Bertz CT molecular complexity index is 558. The first kappa shape index (κ1) is 32.5. The van der Waals surface area contributed by atoms with Crippen LogP contribution in [0.2, 0.25) is 129 Å². The van der Waals surface area contributed by atoms with Crippen molar-refractivity contribution < 1.29 is 0 Å². The molecule has 1 saturated heterocycles. The number of rotatable bonds is 3. The molecule has 10 heteroatoms. The molecule has 0 atom stereocenters.